The Balaban J connectivity index is 1.70. The number of hydrogen-bond acceptors (Lipinski definition) is 7. The van der Waals surface area contributed by atoms with Gasteiger partial charge in [-0.05, 0) is 45.7 Å². The van der Waals surface area contributed by atoms with Crippen LogP contribution < -0.4 is 22.1 Å². The highest BCUT2D eigenvalue weighted by atomic mass is 16.5. The Morgan fingerprint density at radius 3 is 2.66 bits per heavy atom. The van der Waals surface area contributed by atoms with Gasteiger partial charge in [-0.2, -0.15) is 4.98 Å². The number of rotatable bonds is 5. The molecule has 1 aliphatic rings. The molecular weight excluding hydrogens is 408 g/mol. The van der Waals surface area contributed by atoms with Gasteiger partial charge >= 0.3 is 0 Å². The lowest BCUT2D eigenvalue weighted by molar-refractivity contribution is 0.102. The average molecular weight is 437 g/mol. The minimum Gasteiger partial charge on any atom is -0.370 e. The van der Waals surface area contributed by atoms with Crippen LogP contribution in [0.4, 0.5) is 11.8 Å². The van der Waals surface area contributed by atoms with Crippen LogP contribution in [0.2, 0.25) is 0 Å². The van der Waals surface area contributed by atoms with E-state index >= 15 is 0 Å². The zero-order chi connectivity index (χ0) is 22.8. The van der Waals surface area contributed by atoms with E-state index in [0.717, 1.165) is 42.1 Å². The Hall–Kier alpha value is -3.69. The predicted molar refractivity (Wildman–Crippen MR) is 124 cm³/mol. The maximum atomic E-state index is 12.8. The standard InChI is InChI=1S/C22H28N8O2/c1-11-8-9-15-14(10-11)19(25-16-6-4-5-7-17(16)26-21(23)24)28-22(27-15)29-20(31)18-12(2)30-32-13(18)3/h8-10,16-17H,4-7H2,1-3H3,(H4,23,24,26)(H2,25,27,28,29,31). The number of guanidine groups is 1. The summed E-state index contributed by atoms with van der Waals surface area (Å²) >= 11 is 0. The van der Waals surface area contributed by atoms with Crippen LogP contribution >= 0.6 is 0 Å². The summed E-state index contributed by atoms with van der Waals surface area (Å²) in [7, 11) is 0. The number of fused-ring (bicyclic) bond motifs is 1. The first-order valence-corrected chi connectivity index (χ1v) is 10.7. The molecule has 3 aromatic rings. The fraction of sp³-hybridized carbons (Fsp3) is 0.409. The number of nitrogens with one attached hydrogen (secondary N) is 2. The third kappa shape index (κ3) is 4.48. The minimum absolute atomic E-state index is 0.0237. The molecule has 10 heteroatoms. The molecule has 0 radical (unpaired) electrons. The molecule has 1 amide bonds. The Morgan fingerprint density at radius 2 is 1.94 bits per heavy atom. The number of aliphatic imine (C=N–C) groups is 1. The molecule has 0 spiro atoms. The molecule has 0 saturated heterocycles. The Kier molecular flexibility index (Phi) is 5.93. The zero-order valence-electron chi connectivity index (χ0n) is 18.5. The molecule has 32 heavy (non-hydrogen) atoms. The second-order valence-electron chi connectivity index (χ2n) is 8.23. The number of nitrogens with two attached hydrogens (primary N) is 2. The second kappa shape index (κ2) is 8.81. The molecule has 1 aromatic carbocycles. The van der Waals surface area contributed by atoms with Crippen LogP contribution in [0.25, 0.3) is 10.9 Å². The van der Waals surface area contributed by atoms with Gasteiger partial charge in [0.15, 0.2) is 5.96 Å². The van der Waals surface area contributed by atoms with Crippen LogP contribution in [0.1, 0.15) is 53.1 Å². The quantitative estimate of drug-likeness (QED) is 0.351. The van der Waals surface area contributed by atoms with Gasteiger partial charge in [0.05, 0.1) is 23.3 Å². The number of carbonyl (C=O) groups excluding carboxylic acids is 1. The van der Waals surface area contributed by atoms with Crippen molar-refractivity contribution in [3.8, 4) is 0 Å². The van der Waals surface area contributed by atoms with E-state index in [1.165, 1.54) is 0 Å². The smallest absolute Gasteiger partial charge is 0.263 e. The number of anilines is 2. The molecule has 168 valence electrons. The van der Waals surface area contributed by atoms with Gasteiger partial charge < -0.3 is 21.3 Å². The first-order valence-electron chi connectivity index (χ1n) is 10.7. The van der Waals surface area contributed by atoms with Crippen LogP contribution in [0.15, 0.2) is 27.7 Å². The van der Waals surface area contributed by atoms with Gasteiger partial charge in [0.2, 0.25) is 5.95 Å². The molecular formula is C22H28N8O2. The number of benzene rings is 1. The molecule has 6 N–H and O–H groups in total. The molecule has 0 aliphatic heterocycles. The van der Waals surface area contributed by atoms with Gasteiger partial charge in [-0.15, -0.1) is 0 Å². The fourth-order valence-corrected chi connectivity index (χ4v) is 4.18. The van der Waals surface area contributed by atoms with Crippen molar-refractivity contribution in [2.45, 2.75) is 58.5 Å². The van der Waals surface area contributed by atoms with E-state index in [9.17, 15) is 4.79 Å². The summed E-state index contributed by atoms with van der Waals surface area (Å²) in [5.41, 5.74) is 14.0. The SMILES string of the molecule is Cc1ccc2nc(NC(=O)c3c(C)noc3C)nc(NC3CCCCC3N=C(N)N)c2c1. The van der Waals surface area contributed by atoms with Crippen molar-refractivity contribution in [2.24, 2.45) is 16.5 Å². The highest BCUT2D eigenvalue weighted by molar-refractivity contribution is 6.05. The van der Waals surface area contributed by atoms with Crippen molar-refractivity contribution in [3.63, 3.8) is 0 Å². The van der Waals surface area contributed by atoms with Crippen molar-refractivity contribution in [1.29, 1.82) is 0 Å². The summed E-state index contributed by atoms with van der Waals surface area (Å²) in [4.78, 5) is 26.4. The summed E-state index contributed by atoms with van der Waals surface area (Å²) in [5, 5.41) is 11.0. The summed E-state index contributed by atoms with van der Waals surface area (Å²) < 4.78 is 5.11. The summed E-state index contributed by atoms with van der Waals surface area (Å²) in [6.07, 6.45) is 3.96. The molecule has 1 saturated carbocycles. The lowest BCUT2D eigenvalue weighted by atomic mass is 9.90. The number of aromatic nitrogens is 3. The highest BCUT2D eigenvalue weighted by Gasteiger charge is 2.26. The third-order valence-corrected chi connectivity index (χ3v) is 5.70. The van der Waals surface area contributed by atoms with Crippen molar-refractivity contribution in [1.82, 2.24) is 15.1 Å². The average Bonchev–Trinajstić information content (AvgIpc) is 3.07. The van der Waals surface area contributed by atoms with Gasteiger partial charge in [-0.3, -0.25) is 10.1 Å². The maximum Gasteiger partial charge on any atom is 0.263 e. The van der Waals surface area contributed by atoms with Gasteiger partial charge in [0.1, 0.15) is 17.1 Å². The van der Waals surface area contributed by atoms with E-state index in [4.69, 9.17) is 16.0 Å². The van der Waals surface area contributed by atoms with Gasteiger partial charge in [-0.1, -0.05) is 29.6 Å². The van der Waals surface area contributed by atoms with Crippen molar-refractivity contribution >= 4 is 34.5 Å². The Morgan fingerprint density at radius 1 is 1.16 bits per heavy atom. The molecule has 2 heterocycles. The summed E-state index contributed by atoms with van der Waals surface area (Å²) in [6, 6.07) is 5.90. The van der Waals surface area contributed by atoms with Crippen LogP contribution in [-0.2, 0) is 0 Å². The molecule has 2 atom stereocenters. The van der Waals surface area contributed by atoms with Crippen molar-refractivity contribution < 1.29 is 9.32 Å². The van der Waals surface area contributed by atoms with E-state index in [-0.39, 0.29) is 29.9 Å². The summed E-state index contributed by atoms with van der Waals surface area (Å²) in [5.74, 6) is 0.991. The first-order chi connectivity index (χ1) is 15.3. The lowest BCUT2D eigenvalue weighted by Crippen LogP contribution is -2.38. The fourth-order valence-electron chi connectivity index (χ4n) is 4.18. The van der Waals surface area contributed by atoms with Crippen molar-refractivity contribution in [2.75, 3.05) is 10.6 Å². The number of hydrogen-bond donors (Lipinski definition) is 4. The molecule has 2 unspecified atom stereocenters. The third-order valence-electron chi connectivity index (χ3n) is 5.70. The molecule has 2 aromatic heterocycles. The van der Waals surface area contributed by atoms with E-state index in [0.29, 0.717) is 22.8 Å². The van der Waals surface area contributed by atoms with Crippen LogP contribution in [0.3, 0.4) is 0 Å². The number of nitrogens with zero attached hydrogens (tertiary/aromatic N) is 4. The lowest BCUT2D eigenvalue weighted by Gasteiger charge is -2.30. The number of amides is 1. The van der Waals surface area contributed by atoms with E-state index < -0.39 is 0 Å². The summed E-state index contributed by atoms with van der Waals surface area (Å²) in [6.45, 7) is 5.42. The monoisotopic (exact) mass is 436 g/mol. The van der Waals surface area contributed by atoms with Crippen molar-refractivity contribution in [3.05, 3.63) is 40.8 Å². The second-order valence-corrected chi connectivity index (χ2v) is 8.23. The van der Waals surface area contributed by atoms with Crippen LogP contribution in [0, 0.1) is 20.8 Å². The van der Waals surface area contributed by atoms with Crippen LogP contribution in [0.5, 0.6) is 0 Å². The maximum absolute atomic E-state index is 12.8. The molecule has 1 aliphatic carbocycles. The van der Waals surface area contributed by atoms with E-state index in [1.54, 1.807) is 13.8 Å². The Bertz CT molecular complexity index is 1160. The van der Waals surface area contributed by atoms with Crippen LogP contribution in [-0.4, -0.2) is 39.1 Å². The minimum atomic E-state index is -0.366. The predicted octanol–water partition coefficient (Wildman–Crippen LogP) is 2.79. The van der Waals surface area contributed by atoms with E-state index in [1.807, 2.05) is 25.1 Å². The Labute approximate surface area is 185 Å². The van der Waals surface area contributed by atoms with E-state index in [2.05, 4.69) is 30.8 Å². The van der Waals surface area contributed by atoms with Gasteiger partial charge in [-0.25, -0.2) is 9.98 Å². The highest BCUT2D eigenvalue weighted by Crippen LogP contribution is 2.29. The number of carbonyl (C=O) groups is 1. The molecule has 4 rings (SSSR count). The first kappa shape index (κ1) is 21.5. The largest absolute Gasteiger partial charge is 0.370 e. The van der Waals surface area contributed by atoms with Gasteiger partial charge in [0.25, 0.3) is 5.91 Å². The van der Waals surface area contributed by atoms with Gasteiger partial charge in [0, 0.05) is 5.39 Å². The number of aryl methyl sites for hydroxylation is 3. The molecule has 1 fully saturated rings. The topological polar surface area (TPSA) is 157 Å². The molecule has 0 bridgehead atoms. The zero-order valence-corrected chi connectivity index (χ0v) is 18.5. The molecule has 10 nitrogen and oxygen atoms in total. The normalized spacial score (nSPS) is 18.3.